The van der Waals surface area contributed by atoms with Gasteiger partial charge in [-0.15, -0.1) is 0 Å². The van der Waals surface area contributed by atoms with Crippen LogP contribution in [0.2, 0.25) is 5.02 Å². The van der Waals surface area contributed by atoms with Crippen molar-refractivity contribution < 1.29 is 4.92 Å². The zero-order chi connectivity index (χ0) is 18.1. The van der Waals surface area contributed by atoms with E-state index in [4.69, 9.17) is 11.6 Å². The minimum absolute atomic E-state index is 0.0103. The van der Waals surface area contributed by atoms with Crippen molar-refractivity contribution in [3.05, 3.63) is 76.1 Å². The minimum atomic E-state index is -0.441. The number of rotatable bonds is 4. The van der Waals surface area contributed by atoms with Gasteiger partial charge >= 0.3 is 0 Å². The summed E-state index contributed by atoms with van der Waals surface area (Å²) in [5.41, 5.74) is 1.46. The largest absolute Gasteiger partial charge is 0.340 e. The van der Waals surface area contributed by atoms with Gasteiger partial charge in [-0.2, -0.15) is 10.1 Å². The van der Waals surface area contributed by atoms with Crippen molar-refractivity contribution in [2.75, 3.05) is 5.32 Å². The maximum atomic E-state index is 10.9. The molecule has 1 N–H and O–H groups in total. The fraction of sp³-hybridized carbons (Fsp3) is 0. The Morgan fingerprint density at radius 1 is 1.12 bits per heavy atom. The smallest absolute Gasteiger partial charge is 0.270 e. The van der Waals surface area contributed by atoms with Crippen LogP contribution in [0.5, 0.6) is 0 Å². The summed E-state index contributed by atoms with van der Waals surface area (Å²) in [6.45, 7) is 0. The van der Waals surface area contributed by atoms with Crippen LogP contribution in [0.15, 0.2) is 60.9 Å². The third-order valence-electron chi connectivity index (χ3n) is 3.66. The first-order chi connectivity index (χ1) is 12.6. The fourth-order valence-electron chi connectivity index (χ4n) is 2.44. The van der Waals surface area contributed by atoms with E-state index in [1.165, 1.54) is 16.8 Å². The van der Waals surface area contributed by atoms with Crippen molar-refractivity contribution in [3.8, 4) is 5.95 Å². The Morgan fingerprint density at radius 3 is 2.69 bits per heavy atom. The van der Waals surface area contributed by atoms with Crippen LogP contribution in [0.25, 0.3) is 16.9 Å². The highest BCUT2D eigenvalue weighted by atomic mass is 35.5. The zero-order valence-corrected chi connectivity index (χ0v) is 14.0. The molecule has 0 unspecified atom stereocenters. The van der Waals surface area contributed by atoms with E-state index in [0.717, 1.165) is 5.69 Å². The number of aromatic nitrogens is 4. The quantitative estimate of drug-likeness (QED) is 0.431. The number of nitrogens with zero attached hydrogens (tertiary/aromatic N) is 5. The predicted octanol–water partition coefficient (Wildman–Crippen LogP) is 4.12. The molecule has 0 radical (unpaired) electrons. The zero-order valence-electron chi connectivity index (χ0n) is 13.2. The van der Waals surface area contributed by atoms with Gasteiger partial charge in [0.15, 0.2) is 0 Å². The molecule has 0 aliphatic heterocycles. The Labute approximate surface area is 152 Å². The van der Waals surface area contributed by atoms with Crippen molar-refractivity contribution in [1.82, 2.24) is 19.7 Å². The lowest BCUT2D eigenvalue weighted by molar-refractivity contribution is -0.384. The molecule has 2 aromatic carbocycles. The highest BCUT2D eigenvalue weighted by Crippen LogP contribution is 2.21. The Bertz CT molecular complexity index is 1110. The molecule has 0 aliphatic rings. The highest BCUT2D eigenvalue weighted by Gasteiger charge is 2.11. The molecular formula is C17H11ClN6O2. The number of nitrogens with one attached hydrogen (secondary N) is 1. The van der Waals surface area contributed by atoms with E-state index in [-0.39, 0.29) is 5.69 Å². The summed E-state index contributed by atoms with van der Waals surface area (Å²) in [6, 6.07) is 13.4. The molecule has 0 aliphatic carbocycles. The molecule has 0 amide bonds. The first kappa shape index (κ1) is 16.0. The summed E-state index contributed by atoms with van der Waals surface area (Å²) in [7, 11) is 0. The summed E-state index contributed by atoms with van der Waals surface area (Å²) >= 11 is 5.88. The van der Waals surface area contributed by atoms with Gasteiger partial charge in [0.25, 0.3) is 11.6 Å². The SMILES string of the molecule is O=[N+]([O-])c1ccc2nn(-c3nccc(Nc4ccc(Cl)cc4)n3)cc2c1. The van der Waals surface area contributed by atoms with Gasteiger partial charge in [0.05, 0.1) is 10.4 Å². The van der Waals surface area contributed by atoms with E-state index < -0.39 is 4.92 Å². The topological polar surface area (TPSA) is 98.8 Å². The summed E-state index contributed by atoms with van der Waals surface area (Å²) in [6.07, 6.45) is 3.26. The molecule has 8 nitrogen and oxygen atoms in total. The second kappa shape index (κ2) is 6.41. The number of hydrogen-bond acceptors (Lipinski definition) is 6. The average Bonchev–Trinajstić information content (AvgIpc) is 3.07. The van der Waals surface area contributed by atoms with Gasteiger partial charge in [0.1, 0.15) is 5.82 Å². The molecule has 0 saturated carbocycles. The number of anilines is 2. The van der Waals surface area contributed by atoms with E-state index in [9.17, 15) is 10.1 Å². The first-order valence-electron chi connectivity index (χ1n) is 7.58. The molecule has 0 bridgehead atoms. The van der Waals surface area contributed by atoms with Crippen molar-refractivity contribution in [2.24, 2.45) is 0 Å². The van der Waals surface area contributed by atoms with Gasteiger partial charge in [-0.1, -0.05) is 11.6 Å². The molecule has 0 spiro atoms. The maximum absolute atomic E-state index is 10.9. The van der Waals surface area contributed by atoms with E-state index in [0.29, 0.717) is 27.7 Å². The van der Waals surface area contributed by atoms with Gasteiger partial charge in [-0.3, -0.25) is 10.1 Å². The lowest BCUT2D eigenvalue weighted by Gasteiger charge is -2.06. The molecule has 128 valence electrons. The van der Waals surface area contributed by atoms with Crippen LogP contribution < -0.4 is 5.32 Å². The van der Waals surface area contributed by atoms with Crippen molar-refractivity contribution in [3.63, 3.8) is 0 Å². The maximum Gasteiger partial charge on any atom is 0.270 e. The molecule has 4 aromatic rings. The summed E-state index contributed by atoms with van der Waals surface area (Å²) < 4.78 is 1.49. The molecule has 2 aromatic heterocycles. The summed E-state index contributed by atoms with van der Waals surface area (Å²) in [5.74, 6) is 0.936. The molecule has 2 heterocycles. The monoisotopic (exact) mass is 366 g/mol. The fourth-order valence-corrected chi connectivity index (χ4v) is 2.56. The summed E-state index contributed by atoms with van der Waals surface area (Å²) in [4.78, 5) is 19.1. The van der Waals surface area contributed by atoms with Crippen LogP contribution in [0.4, 0.5) is 17.2 Å². The third-order valence-corrected chi connectivity index (χ3v) is 3.92. The van der Waals surface area contributed by atoms with Gasteiger partial charge < -0.3 is 5.32 Å². The Kier molecular flexibility index (Phi) is 3.94. The third kappa shape index (κ3) is 3.17. The van der Waals surface area contributed by atoms with Crippen molar-refractivity contribution in [2.45, 2.75) is 0 Å². The van der Waals surface area contributed by atoms with Gasteiger partial charge in [0, 0.05) is 40.6 Å². The van der Waals surface area contributed by atoms with Crippen molar-refractivity contribution >= 4 is 39.7 Å². The molecule has 4 rings (SSSR count). The van der Waals surface area contributed by atoms with Crippen LogP contribution in [0.3, 0.4) is 0 Å². The summed E-state index contributed by atoms with van der Waals surface area (Å²) in [5, 5.41) is 19.7. The first-order valence-corrected chi connectivity index (χ1v) is 7.96. The Balaban J connectivity index is 1.66. The second-order valence-corrected chi connectivity index (χ2v) is 5.88. The van der Waals surface area contributed by atoms with Crippen LogP contribution in [-0.4, -0.2) is 24.7 Å². The van der Waals surface area contributed by atoms with Gasteiger partial charge in [-0.25, -0.2) is 9.67 Å². The van der Waals surface area contributed by atoms with Crippen LogP contribution in [-0.2, 0) is 0 Å². The average molecular weight is 367 g/mol. The lowest BCUT2D eigenvalue weighted by Crippen LogP contribution is -2.03. The van der Waals surface area contributed by atoms with E-state index >= 15 is 0 Å². The number of nitro benzene ring substituents is 1. The molecular weight excluding hydrogens is 356 g/mol. The number of nitro groups is 1. The second-order valence-electron chi connectivity index (χ2n) is 5.45. The minimum Gasteiger partial charge on any atom is -0.340 e. The number of benzene rings is 2. The Morgan fingerprint density at radius 2 is 1.92 bits per heavy atom. The van der Waals surface area contributed by atoms with Crippen molar-refractivity contribution in [1.29, 1.82) is 0 Å². The number of fused-ring (bicyclic) bond motifs is 1. The number of hydrogen-bond donors (Lipinski definition) is 1. The van der Waals surface area contributed by atoms with Crippen LogP contribution in [0, 0.1) is 10.1 Å². The van der Waals surface area contributed by atoms with E-state index in [2.05, 4.69) is 20.4 Å². The molecule has 0 fully saturated rings. The lowest BCUT2D eigenvalue weighted by atomic mass is 10.2. The molecule has 9 heteroatoms. The van der Waals surface area contributed by atoms with Gasteiger partial charge in [-0.05, 0) is 36.4 Å². The standard InChI is InChI=1S/C17H11ClN6O2/c18-12-1-3-13(4-2-12)20-16-7-8-19-17(21-16)23-10-11-9-14(24(25)26)5-6-15(11)22-23/h1-10H,(H,19,20,21). The molecule has 0 atom stereocenters. The highest BCUT2D eigenvalue weighted by molar-refractivity contribution is 6.30. The normalized spacial score (nSPS) is 10.8. The number of halogens is 1. The number of non-ortho nitro benzene ring substituents is 1. The van der Waals surface area contributed by atoms with Gasteiger partial charge in [0.2, 0.25) is 0 Å². The molecule has 26 heavy (non-hydrogen) atoms. The Hall–Kier alpha value is -3.52. The van der Waals surface area contributed by atoms with E-state index in [1.807, 2.05) is 12.1 Å². The van der Waals surface area contributed by atoms with E-state index in [1.54, 1.807) is 36.7 Å². The molecule has 0 saturated heterocycles. The van der Waals surface area contributed by atoms with Crippen LogP contribution in [0.1, 0.15) is 0 Å². The predicted molar refractivity (Wildman–Crippen MR) is 98.0 cm³/mol. The van der Waals surface area contributed by atoms with Crippen LogP contribution >= 0.6 is 11.6 Å².